The predicted octanol–water partition coefficient (Wildman–Crippen LogP) is 5.56. The van der Waals surface area contributed by atoms with Crippen molar-refractivity contribution in [3.63, 3.8) is 0 Å². The maximum atomic E-state index is 13.6. The highest BCUT2D eigenvalue weighted by Gasteiger charge is 2.38. The van der Waals surface area contributed by atoms with Gasteiger partial charge in [0.05, 0.1) is 16.1 Å². The van der Waals surface area contributed by atoms with Gasteiger partial charge in [0.15, 0.2) is 0 Å². The van der Waals surface area contributed by atoms with Gasteiger partial charge in [0, 0.05) is 16.5 Å². The van der Waals surface area contributed by atoms with Crippen molar-refractivity contribution < 1.29 is 18.3 Å². The SMILES string of the molecule is Oc1ccc(-n2c(C(F)(F)F)nc3c4ccccc4c(Cl)cc32)cc1. The van der Waals surface area contributed by atoms with Gasteiger partial charge in [-0.05, 0) is 30.3 Å². The van der Waals surface area contributed by atoms with Gasteiger partial charge < -0.3 is 5.11 Å². The molecular weight excluding hydrogens is 353 g/mol. The van der Waals surface area contributed by atoms with Gasteiger partial charge in [-0.25, -0.2) is 4.98 Å². The fraction of sp³-hybridized carbons (Fsp3) is 0.0556. The molecule has 3 nitrogen and oxygen atoms in total. The number of aromatic nitrogens is 2. The Kier molecular flexibility index (Phi) is 3.40. The zero-order chi connectivity index (χ0) is 17.8. The number of hydrogen-bond donors (Lipinski definition) is 1. The van der Waals surface area contributed by atoms with Gasteiger partial charge in [-0.3, -0.25) is 4.57 Å². The number of benzene rings is 3. The molecule has 0 saturated carbocycles. The van der Waals surface area contributed by atoms with Crippen LogP contribution in [0.1, 0.15) is 5.82 Å². The number of imidazole rings is 1. The summed E-state index contributed by atoms with van der Waals surface area (Å²) in [5, 5.41) is 10.9. The molecule has 126 valence electrons. The van der Waals surface area contributed by atoms with Crippen molar-refractivity contribution in [2.24, 2.45) is 0 Å². The van der Waals surface area contributed by atoms with Crippen LogP contribution in [0.2, 0.25) is 5.02 Å². The second-order valence-corrected chi connectivity index (χ2v) is 5.96. The Morgan fingerprint density at radius 3 is 2.24 bits per heavy atom. The lowest BCUT2D eigenvalue weighted by Gasteiger charge is -2.12. The van der Waals surface area contributed by atoms with Gasteiger partial charge in [0.1, 0.15) is 5.75 Å². The van der Waals surface area contributed by atoms with Crippen molar-refractivity contribution in [1.29, 1.82) is 0 Å². The second kappa shape index (κ2) is 5.39. The van der Waals surface area contributed by atoms with E-state index in [4.69, 9.17) is 11.6 Å². The molecule has 0 spiro atoms. The lowest BCUT2D eigenvalue weighted by atomic mass is 10.1. The van der Waals surface area contributed by atoms with Crippen LogP contribution in [0.5, 0.6) is 5.75 Å². The first-order valence-electron chi connectivity index (χ1n) is 7.32. The minimum absolute atomic E-state index is 0.0368. The third kappa shape index (κ3) is 2.49. The van der Waals surface area contributed by atoms with Crippen LogP contribution in [0, 0.1) is 0 Å². The molecular formula is C18H10ClF3N2O. The summed E-state index contributed by atoms with van der Waals surface area (Å²) in [5.41, 5.74) is 0.709. The third-order valence-corrected chi connectivity index (χ3v) is 4.29. The maximum Gasteiger partial charge on any atom is 0.450 e. The monoisotopic (exact) mass is 362 g/mol. The van der Waals surface area contributed by atoms with Crippen LogP contribution in [0.25, 0.3) is 27.5 Å². The molecule has 0 saturated heterocycles. The standard InChI is InChI=1S/C18H10ClF3N2O/c19-14-9-15-16(13-4-2-1-3-12(13)14)23-17(18(20,21)22)24(15)10-5-7-11(25)8-6-10/h1-9,25H. The Labute approximate surface area is 144 Å². The average molecular weight is 363 g/mol. The van der Waals surface area contributed by atoms with Gasteiger partial charge in [-0.1, -0.05) is 35.9 Å². The van der Waals surface area contributed by atoms with Crippen LogP contribution in [-0.4, -0.2) is 14.7 Å². The van der Waals surface area contributed by atoms with Crippen molar-refractivity contribution in [1.82, 2.24) is 9.55 Å². The van der Waals surface area contributed by atoms with E-state index < -0.39 is 12.0 Å². The Morgan fingerprint density at radius 1 is 0.960 bits per heavy atom. The van der Waals surface area contributed by atoms with E-state index in [1.165, 1.54) is 30.3 Å². The van der Waals surface area contributed by atoms with Crippen molar-refractivity contribution in [3.8, 4) is 11.4 Å². The van der Waals surface area contributed by atoms with Crippen LogP contribution in [-0.2, 0) is 6.18 Å². The normalized spacial score (nSPS) is 12.2. The molecule has 0 amide bonds. The first kappa shape index (κ1) is 15.8. The largest absolute Gasteiger partial charge is 0.508 e. The van der Waals surface area contributed by atoms with Gasteiger partial charge in [-0.2, -0.15) is 13.2 Å². The van der Waals surface area contributed by atoms with Gasteiger partial charge in [0.2, 0.25) is 5.82 Å². The summed E-state index contributed by atoms with van der Waals surface area (Å²) in [7, 11) is 0. The molecule has 1 N–H and O–H groups in total. The lowest BCUT2D eigenvalue weighted by molar-refractivity contribution is -0.145. The number of phenolic OH excluding ortho intramolecular Hbond substituents is 1. The number of rotatable bonds is 1. The molecule has 1 heterocycles. The summed E-state index contributed by atoms with van der Waals surface area (Å²) in [5.74, 6) is -1.08. The summed E-state index contributed by atoms with van der Waals surface area (Å²) < 4.78 is 41.8. The number of alkyl halides is 3. The number of aromatic hydroxyl groups is 1. The summed E-state index contributed by atoms with van der Waals surface area (Å²) in [4.78, 5) is 3.87. The van der Waals surface area contributed by atoms with Gasteiger partial charge in [0.25, 0.3) is 0 Å². The van der Waals surface area contributed by atoms with Gasteiger partial charge >= 0.3 is 6.18 Å². The molecule has 3 aromatic carbocycles. The molecule has 7 heteroatoms. The number of hydrogen-bond acceptors (Lipinski definition) is 2. The highest BCUT2D eigenvalue weighted by molar-refractivity contribution is 6.37. The summed E-state index contributed by atoms with van der Waals surface area (Å²) >= 11 is 6.28. The van der Waals surface area contributed by atoms with Crippen molar-refractivity contribution >= 4 is 33.4 Å². The first-order chi connectivity index (χ1) is 11.9. The van der Waals surface area contributed by atoms with Crippen LogP contribution < -0.4 is 0 Å². The van der Waals surface area contributed by atoms with Crippen molar-refractivity contribution in [3.05, 3.63) is 65.4 Å². The fourth-order valence-electron chi connectivity index (χ4n) is 2.91. The zero-order valence-corrected chi connectivity index (χ0v) is 13.3. The van der Waals surface area contributed by atoms with Crippen molar-refractivity contribution in [2.45, 2.75) is 6.18 Å². The predicted molar refractivity (Wildman–Crippen MR) is 90.3 cm³/mol. The van der Waals surface area contributed by atoms with Crippen molar-refractivity contribution in [2.75, 3.05) is 0 Å². The molecule has 25 heavy (non-hydrogen) atoms. The van der Waals surface area contributed by atoms with Crippen LogP contribution >= 0.6 is 11.6 Å². The smallest absolute Gasteiger partial charge is 0.450 e. The molecule has 0 aliphatic heterocycles. The van der Waals surface area contributed by atoms with Crippen LogP contribution in [0.4, 0.5) is 13.2 Å². The van der Waals surface area contributed by atoms with E-state index in [2.05, 4.69) is 4.98 Å². The number of nitrogens with zero attached hydrogens (tertiary/aromatic N) is 2. The van der Waals surface area contributed by atoms with Gasteiger partial charge in [-0.15, -0.1) is 0 Å². The Morgan fingerprint density at radius 2 is 1.60 bits per heavy atom. The summed E-state index contributed by atoms with van der Waals surface area (Å²) in [6.07, 6.45) is -4.65. The maximum absolute atomic E-state index is 13.6. The van der Waals surface area contributed by atoms with E-state index in [1.54, 1.807) is 24.3 Å². The molecule has 0 bridgehead atoms. The fourth-order valence-corrected chi connectivity index (χ4v) is 3.18. The number of phenols is 1. The second-order valence-electron chi connectivity index (χ2n) is 5.56. The lowest BCUT2D eigenvalue weighted by Crippen LogP contribution is -2.13. The minimum atomic E-state index is -4.65. The number of fused-ring (bicyclic) bond motifs is 3. The summed E-state index contributed by atoms with van der Waals surface area (Å²) in [6.45, 7) is 0. The molecule has 1 aromatic heterocycles. The first-order valence-corrected chi connectivity index (χ1v) is 7.70. The molecule has 0 unspecified atom stereocenters. The molecule has 0 aliphatic carbocycles. The Hall–Kier alpha value is -2.73. The molecule has 4 aromatic rings. The molecule has 0 aliphatic rings. The minimum Gasteiger partial charge on any atom is -0.508 e. The van der Waals surface area contributed by atoms with Crippen LogP contribution in [0.3, 0.4) is 0 Å². The zero-order valence-electron chi connectivity index (χ0n) is 12.5. The molecule has 0 fully saturated rings. The summed E-state index contributed by atoms with van der Waals surface area (Å²) in [6, 6.07) is 13.8. The molecule has 4 rings (SSSR count). The highest BCUT2D eigenvalue weighted by atomic mass is 35.5. The van der Waals surface area contributed by atoms with E-state index in [-0.39, 0.29) is 22.5 Å². The Bertz CT molecular complexity index is 1100. The highest BCUT2D eigenvalue weighted by Crippen LogP contribution is 2.38. The van der Waals surface area contributed by atoms with Crippen LogP contribution in [0.15, 0.2) is 54.6 Å². The Balaban J connectivity index is 2.17. The third-order valence-electron chi connectivity index (χ3n) is 3.98. The molecule has 0 atom stereocenters. The number of halogens is 4. The van der Waals surface area contributed by atoms with E-state index in [0.717, 1.165) is 4.57 Å². The van der Waals surface area contributed by atoms with E-state index >= 15 is 0 Å². The molecule has 0 radical (unpaired) electrons. The van der Waals surface area contributed by atoms with E-state index in [9.17, 15) is 18.3 Å². The topological polar surface area (TPSA) is 38.0 Å². The van der Waals surface area contributed by atoms with E-state index in [0.29, 0.717) is 15.8 Å². The quantitative estimate of drug-likeness (QED) is 0.481. The van der Waals surface area contributed by atoms with E-state index in [1.807, 2.05) is 0 Å². The average Bonchev–Trinajstić information content (AvgIpc) is 2.96.